The van der Waals surface area contributed by atoms with Gasteiger partial charge in [-0.05, 0) is 98.2 Å². The van der Waals surface area contributed by atoms with Gasteiger partial charge in [-0.2, -0.15) is 0 Å². The van der Waals surface area contributed by atoms with Crippen molar-refractivity contribution in [1.29, 1.82) is 0 Å². The lowest BCUT2D eigenvalue weighted by Gasteiger charge is -2.34. The maximum atomic E-state index is 14.3. The minimum atomic E-state index is -0.351. The second kappa shape index (κ2) is 17.3. The lowest BCUT2D eigenvalue weighted by atomic mass is 9.93. The van der Waals surface area contributed by atoms with E-state index in [4.69, 9.17) is 9.72 Å². The van der Waals surface area contributed by atoms with Crippen LogP contribution in [0.3, 0.4) is 0 Å². The summed E-state index contributed by atoms with van der Waals surface area (Å²) < 4.78 is 8.36. The van der Waals surface area contributed by atoms with Crippen molar-refractivity contribution in [2.45, 2.75) is 58.4 Å². The van der Waals surface area contributed by atoms with Crippen LogP contribution in [0.1, 0.15) is 79.5 Å². The number of carbonyl (C=O) groups excluding carboxylic acids is 2. The zero-order chi connectivity index (χ0) is 39.1. The van der Waals surface area contributed by atoms with Crippen LogP contribution in [0.2, 0.25) is 0 Å². The van der Waals surface area contributed by atoms with E-state index in [1.807, 2.05) is 43.7 Å². The molecule has 55 heavy (non-hydrogen) atoms. The lowest BCUT2D eigenvalue weighted by molar-refractivity contribution is -0.122. The zero-order valence-corrected chi connectivity index (χ0v) is 33.1. The van der Waals surface area contributed by atoms with Gasteiger partial charge in [0, 0.05) is 48.6 Å². The first-order valence-corrected chi connectivity index (χ1v) is 19.3. The summed E-state index contributed by atoms with van der Waals surface area (Å²) in [6, 6.07) is 10.8. The first kappa shape index (κ1) is 39.2. The Labute approximate surface area is 324 Å². The molecule has 2 N–H and O–H groups in total. The maximum Gasteiger partial charge on any atom is 0.267 e. The van der Waals surface area contributed by atoms with Crippen LogP contribution < -0.4 is 25.8 Å². The average molecular weight is 768 g/mol. The van der Waals surface area contributed by atoms with Crippen molar-refractivity contribution < 1.29 is 14.3 Å². The van der Waals surface area contributed by atoms with Crippen LogP contribution in [0.25, 0.3) is 17.8 Å². The van der Waals surface area contributed by atoms with E-state index in [1.165, 1.54) is 15.7 Å². The van der Waals surface area contributed by atoms with E-state index < -0.39 is 0 Å². The van der Waals surface area contributed by atoms with Gasteiger partial charge in [0.2, 0.25) is 5.91 Å². The minimum absolute atomic E-state index is 0.0199. The van der Waals surface area contributed by atoms with Crippen LogP contribution >= 0.6 is 11.3 Å². The summed E-state index contributed by atoms with van der Waals surface area (Å²) in [5.41, 5.74) is 2.41. The molecule has 1 aromatic carbocycles. The van der Waals surface area contributed by atoms with Gasteiger partial charge in [0.05, 0.1) is 24.9 Å². The van der Waals surface area contributed by atoms with Crippen LogP contribution in [-0.2, 0) is 16.8 Å². The number of nitrogens with one attached hydrogen (secondary N) is 2. The van der Waals surface area contributed by atoms with Crippen LogP contribution in [0.4, 0.5) is 10.9 Å². The number of nitrogens with zero attached hydrogens (tertiary/aromatic N) is 9. The number of carbonyl (C=O) groups is 2. The normalized spacial score (nSPS) is 14.9. The number of methoxy groups -OCH3 is 1. The number of ether oxygens (including phenoxy) is 1. The summed E-state index contributed by atoms with van der Waals surface area (Å²) in [5, 5.41) is 20.7. The number of amides is 2. The summed E-state index contributed by atoms with van der Waals surface area (Å²) in [6.07, 6.45) is 7.95. The van der Waals surface area contributed by atoms with Crippen LogP contribution in [0, 0.1) is 5.92 Å². The number of thiazole rings is 1. The fraction of sp³-hybridized carbons (Fsp3) is 0.436. The number of pyridine rings is 1. The molecule has 5 heterocycles. The van der Waals surface area contributed by atoms with Gasteiger partial charge in [-0.3, -0.25) is 24.1 Å². The molecular weight excluding hydrogens is 719 g/mol. The Kier molecular flexibility index (Phi) is 12.4. The van der Waals surface area contributed by atoms with E-state index >= 15 is 0 Å². The number of aromatic nitrogens is 7. The topological polar surface area (TPSA) is 165 Å². The molecule has 1 aliphatic rings. The van der Waals surface area contributed by atoms with E-state index in [2.05, 4.69) is 61.7 Å². The number of fused-ring (bicyclic) bond motifs is 1. The number of anilines is 2. The molecular formula is C39H49N11O4S. The lowest BCUT2D eigenvalue weighted by Crippen LogP contribution is -2.40. The largest absolute Gasteiger partial charge is 0.497 e. The number of piperidine rings is 1. The predicted octanol–water partition coefficient (Wildman–Crippen LogP) is 4.59. The van der Waals surface area contributed by atoms with Gasteiger partial charge in [0.25, 0.3) is 11.5 Å². The summed E-state index contributed by atoms with van der Waals surface area (Å²) in [7, 11) is 5.65. The summed E-state index contributed by atoms with van der Waals surface area (Å²) in [6.45, 7) is 9.34. The van der Waals surface area contributed by atoms with E-state index in [1.54, 1.807) is 42.3 Å². The second-order valence-corrected chi connectivity index (χ2v) is 15.9. The fourth-order valence-electron chi connectivity index (χ4n) is 6.40. The highest BCUT2D eigenvalue weighted by Gasteiger charge is 2.27. The van der Waals surface area contributed by atoms with Gasteiger partial charge < -0.3 is 19.9 Å². The van der Waals surface area contributed by atoms with Gasteiger partial charge in [0.1, 0.15) is 17.2 Å². The third-order valence-corrected chi connectivity index (χ3v) is 10.2. The van der Waals surface area contributed by atoms with Gasteiger partial charge in [0.15, 0.2) is 11.0 Å². The number of hydrogen-bond acceptors (Lipinski definition) is 12. The number of benzene rings is 1. The highest BCUT2D eigenvalue weighted by Crippen LogP contribution is 2.29. The average Bonchev–Trinajstić information content (AvgIpc) is 3.83. The molecule has 0 radical (unpaired) electrons. The quantitative estimate of drug-likeness (QED) is 0.152. The van der Waals surface area contributed by atoms with Gasteiger partial charge in [-0.1, -0.05) is 32.9 Å². The molecule has 16 heteroatoms. The highest BCUT2D eigenvalue weighted by molar-refractivity contribution is 7.14. The molecule has 1 saturated heterocycles. The Morgan fingerprint density at radius 3 is 2.64 bits per heavy atom. The third kappa shape index (κ3) is 9.99. The molecule has 0 aliphatic carbocycles. The molecule has 0 bridgehead atoms. The summed E-state index contributed by atoms with van der Waals surface area (Å²) >= 11 is 1.37. The second-order valence-electron chi connectivity index (χ2n) is 15.1. The summed E-state index contributed by atoms with van der Waals surface area (Å²) in [5.74, 6) is 1.42. The standard InChI is InChI=1S/C39H49N11O4S/c1-39(2,3)31-25-55-38(41-31)43-36(52)28-16-20-49-33(22-28)42-35(48-19-7-9-27(23-48)21-34(51)40-17-8-18-47(4)5)30(37(49)53)14-15-32-44-45-46-50(32)24-26-10-12-29(54-6)13-11-26/h10-16,20,22,25,27H,7-9,17-19,21,23-24H2,1-6H3,(H,40,51)(H,41,43,52)/b15-14+. The Bertz CT molecular complexity index is 2200. The van der Waals surface area contributed by atoms with E-state index in [-0.39, 0.29) is 28.7 Å². The monoisotopic (exact) mass is 767 g/mol. The number of rotatable bonds is 14. The minimum Gasteiger partial charge on any atom is -0.497 e. The van der Waals surface area contributed by atoms with Crippen LogP contribution in [0.5, 0.6) is 5.75 Å². The van der Waals surface area contributed by atoms with Crippen molar-refractivity contribution in [2.75, 3.05) is 57.6 Å². The van der Waals surface area contributed by atoms with Gasteiger partial charge in [-0.15, -0.1) is 16.4 Å². The first-order chi connectivity index (χ1) is 26.4. The molecule has 5 aromatic rings. The zero-order valence-electron chi connectivity index (χ0n) is 32.3. The van der Waals surface area contributed by atoms with Crippen molar-refractivity contribution in [3.63, 3.8) is 0 Å². The molecule has 1 atom stereocenters. The molecule has 290 valence electrons. The SMILES string of the molecule is COc1ccc(Cn2nnnc2/C=C/c2c(N3CCCC(CC(=O)NCCCN(C)C)C3)nc3cc(C(=O)Nc4nc(C(C)(C)C)cs4)ccn3c2=O)cc1. The van der Waals surface area contributed by atoms with E-state index in [9.17, 15) is 14.4 Å². The Morgan fingerprint density at radius 1 is 1.11 bits per heavy atom. The Hall–Kier alpha value is -5.48. The molecule has 2 amide bonds. The smallest absolute Gasteiger partial charge is 0.267 e. The molecule has 4 aromatic heterocycles. The summed E-state index contributed by atoms with van der Waals surface area (Å²) in [4.78, 5) is 54.4. The van der Waals surface area contributed by atoms with Gasteiger partial charge >= 0.3 is 0 Å². The molecule has 0 spiro atoms. The van der Waals surface area contributed by atoms with Crippen molar-refractivity contribution in [3.8, 4) is 5.75 Å². The third-order valence-electron chi connectivity index (χ3n) is 9.45. The Balaban J connectivity index is 1.30. The fourth-order valence-corrected chi connectivity index (χ4v) is 7.33. The van der Waals surface area contributed by atoms with Crippen molar-refractivity contribution in [1.82, 2.24) is 44.8 Å². The van der Waals surface area contributed by atoms with E-state index in [0.717, 1.165) is 42.8 Å². The molecule has 15 nitrogen and oxygen atoms in total. The molecule has 1 unspecified atom stereocenters. The highest BCUT2D eigenvalue weighted by atomic mass is 32.1. The predicted molar refractivity (Wildman–Crippen MR) is 215 cm³/mol. The van der Waals surface area contributed by atoms with Crippen molar-refractivity contribution >= 4 is 51.9 Å². The van der Waals surface area contributed by atoms with Gasteiger partial charge in [-0.25, -0.2) is 14.6 Å². The number of hydrogen-bond donors (Lipinski definition) is 2. The molecule has 6 rings (SSSR count). The maximum absolute atomic E-state index is 14.3. The van der Waals surface area contributed by atoms with Crippen LogP contribution in [-0.4, -0.2) is 98.7 Å². The van der Waals surface area contributed by atoms with Crippen molar-refractivity contribution in [2.24, 2.45) is 5.92 Å². The molecule has 0 saturated carbocycles. The van der Waals surface area contributed by atoms with Crippen LogP contribution in [0.15, 0.2) is 52.8 Å². The van der Waals surface area contributed by atoms with E-state index in [0.29, 0.717) is 66.1 Å². The Morgan fingerprint density at radius 2 is 1.91 bits per heavy atom. The number of tetrazole rings is 1. The molecule has 1 fully saturated rings. The molecule has 1 aliphatic heterocycles. The first-order valence-electron chi connectivity index (χ1n) is 18.5. The van der Waals surface area contributed by atoms with Crippen molar-refractivity contribution in [3.05, 3.63) is 86.5 Å².